The van der Waals surface area contributed by atoms with Crippen LogP contribution in [0, 0.1) is 5.82 Å². The normalized spacial score (nSPS) is 17.1. The Labute approximate surface area is 204 Å². The molecule has 1 spiro atoms. The number of nitrogens with zero attached hydrogens (tertiary/aromatic N) is 4. The first kappa shape index (κ1) is 24.2. The fourth-order valence-electron chi connectivity index (χ4n) is 4.42. The SMILES string of the molecule is CS(=O)(=O)c1ccc(Nc2cc3c(cn2)OC2(CCN(c4cnc(C(F)(F)F)cn4)CC2)C3)c(F)c1. The van der Waals surface area contributed by atoms with Gasteiger partial charge in [0.1, 0.15) is 28.8 Å². The predicted octanol–water partition coefficient (Wildman–Crippen LogP) is 4.15. The highest BCUT2D eigenvalue weighted by Crippen LogP contribution is 2.42. The van der Waals surface area contributed by atoms with Gasteiger partial charge in [-0.2, -0.15) is 13.2 Å². The predicted molar refractivity (Wildman–Crippen MR) is 123 cm³/mol. The second-order valence-electron chi connectivity index (χ2n) is 8.92. The zero-order valence-corrected chi connectivity index (χ0v) is 19.8. The minimum atomic E-state index is -4.53. The van der Waals surface area contributed by atoms with Gasteiger partial charge in [0.2, 0.25) is 0 Å². The van der Waals surface area contributed by atoms with Crippen molar-refractivity contribution in [2.45, 2.75) is 35.9 Å². The smallest absolute Gasteiger partial charge is 0.434 e. The molecule has 1 fully saturated rings. The molecule has 4 heterocycles. The van der Waals surface area contributed by atoms with Crippen LogP contribution in [0.3, 0.4) is 0 Å². The van der Waals surface area contributed by atoms with E-state index < -0.39 is 33.1 Å². The average Bonchev–Trinajstić information content (AvgIpc) is 3.16. The van der Waals surface area contributed by atoms with Gasteiger partial charge in [0.25, 0.3) is 0 Å². The summed E-state index contributed by atoms with van der Waals surface area (Å²) in [5, 5.41) is 2.88. The average molecular weight is 524 g/mol. The van der Waals surface area contributed by atoms with E-state index in [4.69, 9.17) is 4.74 Å². The fourth-order valence-corrected chi connectivity index (χ4v) is 5.05. The molecule has 2 aliphatic rings. The Hall–Kier alpha value is -3.48. The third kappa shape index (κ3) is 4.79. The number of fused-ring (bicyclic) bond motifs is 1. The molecule has 8 nitrogen and oxygen atoms in total. The number of halogens is 4. The van der Waals surface area contributed by atoms with Crippen molar-refractivity contribution in [1.82, 2.24) is 15.0 Å². The van der Waals surface area contributed by atoms with Crippen molar-refractivity contribution in [3.05, 3.63) is 59.9 Å². The Morgan fingerprint density at radius 1 is 1.06 bits per heavy atom. The van der Waals surface area contributed by atoms with Crippen LogP contribution in [-0.2, 0) is 22.4 Å². The third-order valence-corrected chi connectivity index (χ3v) is 7.46. The molecule has 0 aliphatic carbocycles. The Morgan fingerprint density at radius 3 is 2.42 bits per heavy atom. The molecule has 0 bridgehead atoms. The van der Waals surface area contributed by atoms with Crippen molar-refractivity contribution in [2.24, 2.45) is 0 Å². The lowest BCUT2D eigenvalue weighted by molar-refractivity contribution is -0.141. The van der Waals surface area contributed by atoms with Crippen LogP contribution in [0.1, 0.15) is 24.1 Å². The summed E-state index contributed by atoms with van der Waals surface area (Å²) in [6.45, 7) is 1.06. The Kier molecular flexibility index (Phi) is 5.77. The Balaban J connectivity index is 1.25. The Bertz CT molecular complexity index is 1410. The number of benzene rings is 1. The molecule has 1 N–H and O–H groups in total. The van der Waals surface area contributed by atoms with Gasteiger partial charge in [-0.1, -0.05) is 0 Å². The molecule has 1 aromatic carbocycles. The van der Waals surface area contributed by atoms with Gasteiger partial charge < -0.3 is 15.0 Å². The summed E-state index contributed by atoms with van der Waals surface area (Å²) < 4.78 is 82.1. The second kappa shape index (κ2) is 8.57. The van der Waals surface area contributed by atoms with Crippen molar-refractivity contribution < 1.29 is 30.7 Å². The maximum absolute atomic E-state index is 14.4. The monoisotopic (exact) mass is 523 g/mol. The summed E-state index contributed by atoms with van der Waals surface area (Å²) in [5.74, 6) is 0.672. The first-order valence-corrected chi connectivity index (χ1v) is 12.9. The molecule has 3 aromatic rings. The van der Waals surface area contributed by atoms with E-state index in [0.29, 0.717) is 49.7 Å². The van der Waals surface area contributed by atoms with E-state index in [1.165, 1.54) is 12.1 Å². The summed E-state index contributed by atoms with van der Waals surface area (Å²) in [7, 11) is -3.52. The first-order valence-electron chi connectivity index (χ1n) is 11.0. The zero-order chi connectivity index (χ0) is 25.7. The lowest BCUT2D eigenvalue weighted by Crippen LogP contribution is -2.47. The third-order valence-electron chi connectivity index (χ3n) is 6.35. The number of sulfone groups is 1. The molecule has 2 aromatic heterocycles. The maximum atomic E-state index is 14.4. The highest BCUT2D eigenvalue weighted by Gasteiger charge is 2.43. The maximum Gasteiger partial charge on any atom is 0.434 e. The molecule has 0 atom stereocenters. The number of hydrogen-bond acceptors (Lipinski definition) is 8. The fraction of sp³-hybridized carbons (Fsp3) is 0.348. The first-order chi connectivity index (χ1) is 16.9. The standard InChI is InChI=1S/C23H21F4N5O3S/c1-36(33,34)15-2-3-17(16(24)9-15)31-20-8-14-10-22(35-18(14)11-29-20)4-6-32(7-5-22)21-13-28-19(12-30-21)23(25,26)27/h2-3,8-9,11-13H,4-7,10H2,1H3,(H,29,31). The Morgan fingerprint density at radius 2 is 1.81 bits per heavy atom. The van der Waals surface area contributed by atoms with Gasteiger partial charge in [-0.15, -0.1) is 0 Å². The van der Waals surface area contributed by atoms with Gasteiger partial charge in [0, 0.05) is 44.2 Å². The summed E-state index contributed by atoms with van der Waals surface area (Å²) in [4.78, 5) is 13.4. The number of nitrogens with one attached hydrogen (secondary N) is 1. The van der Waals surface area contributed by atoms with E-state index >= 15 is 0 Å². The van der Waals surface area contributed by atoms with Crippen LogP contribution in [0.2, 0.25) is 0 Å². The number of hydrogen-bond donors (Lipinski definition) is 1. The highest BCUT2D eigenvalue weighted by atomic mass is 32.2. The van der Waals surface area contributed by atoms with Crippen molar-refractivity contribution in [1.29, 1.82) is 0 Å². The topological polar surface area (TPSA) is 97.3 Å². The van der Waals surface area contributed by atoms with E-state index in [0.717, 1.165) is 30.3 Å². The van der Waals surface area contributed by atoms with Crippen LogP contribution in [0.15, 0.2) is 47.8 Å². The van der Waals surface area contributed by atoms with Crippen molar-refractivity contribution in [3.63, 3.8) is 0 Å². The van der Waals surface area contributed by atoms with Gasteiger partial charge in [0.05, 0.1) is 29.2 Å². The van der Waals surface area contributed by atoms with Crippen LogP contribution >= 0.6 is 0 Å². The molecule has 190 valence electrons. The van der Waals surface area contributed by atoms with Crippen LogP contribution < -0.4 is 15.0 Å². The molecule has 0 amide bonds. The minimum absolute atomic E-state index is 0.0921. The minimum Gasteiger partial charge on any atom is -0.485 e. The van der Waals surface area contributed by atoms with Crippen molar-refractivity contribution in [3.8, 4) is 5.75 Å². The van der Waals surface area contributed by atoms with E-state index in [1.54, 1.807) is 12.3 Å². The van der Waals surface area contributed by atoms with E-state index in [2.05, 4.69) is 20.3 Å². The lowest BCUT2D eigenvalue weighted by atomic mass is 9.87. The van der Waals surface area contributed by atoms with Crippen LogP contribution in [0.25, 0.3) is 0 Å². The van der Waals surface area contributed by atoms with E-state index in [9.17, 15) is 26.0 Å². The molecule has 13 heteroatoms. The number of pyridine rings is 1. The summed E-state index contributed by atoms with van der Waals surface area (Å²) >= 11 is 0. The summed E-state index contributed by atoms with van der Waals surface area (Å²) in [6.07, 6.45) is 1.74. The molecule has 1 saturated heterocycles. The van der Waals surface area contributed by atoms with Crippen LogP contribution in [0.5, 0.6) is 5.75 Å². The molecule has 2 aliphatic heterocycles. The highest BCUT2D eigenvalue weighted by molar-refractivity contribution is 7.90. The lowest BCUT2D eigenvalue weighted by Gasteiger charge is -2.39. The van der Waals surface area contributed by atoms with Crippen LogP contribution in [-0.4, -0.2) is 48.3 Å². The second-order valence-corrected chi connectivity index (χ2v) is 10.9. The molecule has 0 radical (unpaired) electrons. The van der Waals surface area contributed by atoms with Crippen molar-refractivity contribution >= 4 is 27.2 Å². The van der Waals surface area contributed by atoms with Crippen LogP contribution in [0.4, 0.5) is 34.9 Å². The molecular weight excluding hydrogens is 502 g/mol. The van der Waals surface area contributed by atoms with Gasteiger partial charge >= 0.3 is 6.18 Å². The zero-order valence-electron chi connectivity index (χ0n) is 19.0. The summed E-state index contributed by atoms with van der Waals surface area (Å²) in [6, 6.07) is 5.39. The molecule has 0 saturated carbocycles. The number of alkyl halides is 3. The molecule has 36 heavy (non-hydrogen) atoms. The van der Waals surface area contributed by atoms with Gasteiger partial charge in [-0.3, -0.25) is 0 Å². The number of ether oxygens (including phenoxy) is 1. The van der Waals surface area contributed by atoms with E-state index in [1.807, 2.05) is 4.90 Å². The molecular formula is C23H21F4N5O3S. The number of piperidine rings is 1. The quantitative estimate of drug-likeness (QED) is 0.510. The van der Waals surface area contributed by atoms with Crippen molar-refractivity contribution in [2.75, 3.05) is 29.6 Å². The number of anilines is 3. The number of aromatic nitrogens is 3. The number of rotatable bonds is 4. The van der Waals surface area contributed by atoms with Gasteiger partial charge in [0.15, 0.2) is 15.5 Å². The van der Waals surface area contributed by atoms with E-state index in [-0.39, 0.29) is 10.6 Å². The largest absolute Gasteiger partial charge is 0.485 e. The molecule has 5 rings (SSSR count). The van der Waals surface area contributed by atoms with Gasteiger partial charge in [-0.05, 0) is 24.3 Å². The molecule has 0 unspecified atom stereocenters. The summed E-state index contributed by atoms with van der Waals surface area (Å²) in [5.41, 5.74) is -0.517. The van der Waals surface area contributed by atoms with Gasteiger partial charge in [-0.25, -0.2) is 27.8 Å².